The van der Waals surface area contributed by atoms with Crippen molar-refractivity contribution < 1.29 is 9.90 Å². The van der Waals surface area contributed by atoms with Crippen LogP contribution in [0.25, 0.3) is 0 Å². The molecule has 0 spiro atoms. The average Bonchev–Trinajstić information content (AvgIpc) is 2.13. The molecular weight excluding hydrogens is 118 g/mol. The summed E-state index contributed by atoms with van der Waals surface area (Å²) in [6, 6.07) is 0.515. The second-order valence-corrected chi connectivity index (χ2v) is 2.97. The van der Waals surface area contributed by atoms with Crippen LogP contribution in [0.4, 0.5) is 0 Å². The molecule has 2 saturated heterocycles. The highest BCUT2D eigenvalue weighted by molar-refractivity contribution is 5.81. The molecule has 0 aromatic carbocycles. The lowest BCUT2D eigenvalue weighted by Crippen LogP contribution is -2.60. The van der Waals surface area contributed by atoms with Gasteiger partial charge in [-0.05, 0) is 19.3 Å². The van der Waals surface area contributed by atoms with Crippen molar-refractivity contribution in [2.45, 2.75) is 30.8 Å². The summed E-state index contributed by atoms with van der Waals surface area (Å²) >= 11 is 0. The van der Waals surface area contributed by atoms with Gasteiger partial charge in [-0.25, -0.2) is 0 Å². The Bertz CT molecular complexity index is 155. The molecule has 2 N–H and O–H groups in total. The number of nitrogens with one attached hydrogen (secondary N) is 1. The summed E-state index contributed by atoms with van der Waals surface area (Å²) in [5.41, 5.74) is -0.495. The molecule has 0 amide bonds. The van der Waals surface area contributed by atoms with Crippen molar-refractivity contribution in [1.82, 2.24) is 5.32 Å². The number of fused-ring (bicyclic) bond motifs is 1. The molecule has 3 fully saturated rings. The van der Waals surface area contributed by atoms with Crippen LogP contribution in [0.2, 0.25) is 0 Å². The number of carboxylic acid groups (broad SMARTS) is 1. The molecule has 2 heterocycles. The Labute approximate surface area is 53.1 Å². The fraction of sp³-hybridized carbons (Fsp3) is 0.833. The highest BCUT2D eigenvalue weighted by Crippen LogP contribution is 2.40. The largest absolute Gasteiger partial charge is 0.480 e. The van der Waals surface area contributed by atoms with E-state index in [2.05, 4.69) is 5.32 Å². The van der Waals surface area contributed by atoms with Gasteiger partial charge in [0.2, 0.25) is 0 Å². The van der Waals surface area contributed by atoms with Crippen molar-refractivity contribution in [1.29, 1.82) is 0 Å². The van der Waals surface area contributed by atoms with Crippen LogP contribution in [-0.4, -0.2) is 22.7 Å². The summed E-state index contributed by atoms with van der Waals surface area (Å²) in [5.74, 6) is -0.670. The number of rotatable bonds is 1. The first-order valence-corrected chi connectivity index (χ1v) is 3.24. The number of carbonyl (C=O) groups is 1. The van der Waals surface area contributed by atoms with Gasteiger partial charge in [0.15, 0.2) is 0 Å². The van der Waals surface area contributed by atoms with Crippen LogP contribution < -0.4 is 5.32 Å². The average molecular weight is 127 g/mol. The Hall–Kier alpha value is -0.570. The van der Waals surface area contributed by atoms with E-state index in [9.17, 15) is 4.79 Å². The van der Waals surface area contributed by atoms with Gasteiger partial charge in [-0.3, -0.25) is 10.1 Å². The van der Waals surface area contributed by atoms with Gasteiger partial charge < -0.3 is 5.11 Å². The van der Waals surface area contributed by atoms with Gasteiger partial charge in [-0.15, -0.1) is 0 Å². The minimum atomic E-state index is -0.670. The maximum atomic E-state index is 10.5. The van der Waals surface area contributed by atoms with Crippen LogP contribution in [0.15, 0.2) is 0 Å². The normalized spacial score (nSPS) is 46.4. The SMILES string of the molecule is O=C(O)[C@]12CC[C@H](C1)N2. The third kappa shape index (κ3) is 0.477. The molecule has 9 heavy (non-hydrogen) atoms. The van der Waals surface area contributed by atoms with Gasteiger partial charge in [-0.1, -0.05) is 0 Å². The van der Waals surface area contributed by atoms with Gasteiger partial charge in [-0.2, -0.15) is 0 Å². The zero-order valence-corrected chi connectivity index (χ0v) is 5.05. The monoisotopic (exact) mass is 127 g/mol. The van der Waals surface area contributed by atoms with Gasteiger partial charge in [0.05, 0.1) is 0 Å². The maximum absolute atomic E-state index is 10.5. The molecule has 2 bridgehead atoms. The third-order valence-corrected chi connectivity index (χ3v) is 2.40. The predicted molar refractivity (Wildman–Crippen MR) is 31.1 cm³/mol. The highest BCUT2D eigenvalue weighted by atomic mass is 16.4. The lowest BCUT2D eigenvalue weighted by Gasteiger charge is -2.35. The molecule has 0 unspecified atom stereocenters. The topological polar surface area (TPSA) is 49.3 Å². The quantitative estimate of drug-likeness (QED) is 0.520. The molecule has 3 heteroatoms. The van der Waals surface area contributed by atoms with Crippen LogP contribution >= 0.6 is 0 Å². The van der Waals surface area contributed by atoms with Gasteiger partial charge >= 0.3 is 5.97 Å². The number of aliphatic carboxylic acids is 1. The molecule has 1 aliphatic carbocycles. The fourth-order valence-electron chi connectivity index (χ4n) is 1.82. The van der Waals surface area contributed by atoms with E-state index in [1.807, 2.05) is 0 Å². The summed E-state index contributed by atoms with van der Waals surface area (Å²) in [6.07, 6.45) is 2.72. The second-order valence-electron chi connectivity index (χ2n) is 2.97. The molecule has 3 aliphatic rings. The third-order valence-electron chi connectivity index (χ3n) is 2.40. The summed E-state index contributed by atoms with van der Waals surface area (Å²) in [6.45, 7) is 0. The van der Waals surface area contributed by atoms with Crippen LogP contribution in [0.1, 0.15) is 19.3 Å². The summed E-state index contributed by atoms with van der Waals surface area (Å²) < 4.78 is 0. The Morgan fingerprint density at radius 2 is 2.44 bits per heavy atom. The van der Waals surface area contributed by atoms with Gasteiger partial charge in [0.1, 0.15) is 5.54 Å². The van der Waals surface area contributed by atoms with Crippen molar-refractivity contribution in [3.63, 3.8) is 0 Å². The summed E-state index contributed by atoms with van der Waals surface area (Å²) in [4.78, 5) is 10.5. The number of hydrogen-bond acceptors (Lipinski definition) is 2. The molecule has 2 aliphatic heterocycles. The molecule has 3 nitrogen and oxygen atoms in total. The van der Waals surface area contributed by atoms with Crippen molar-refractivity contribution in [2.24, 2.45) is 0 Å². The van der Waals surface area contributed by atoms with Crippen molar-refractivity contribution in [3.8, 4) is 0 Å². The molecular formula is C6H9NO2. The summed E-state index contributed by atoms with van der Waals surface area (Å²) in [5, 5.41) is 11.7. The molecule has 50 valence electrons. The van der Waals surface area contributed by atoms with E-state index in [4.69, 9.17) is 5.11 Å². The van der Waals surface area contributed by atoms with E-state index >= 15 is 0 Å². The second kappa shape index (κ2) is 1.29. The Kier molecular flexibility index (Phi) is 0.750. The van der Waals surface area contributed by atoms with Crippen molar-refractivity contribution >= 4 is 5.97 Å². The van der Waals surface area contributed by atoms with Gasteiger partial charge in [0.25, 0.3) is 0 Å². The lowest BCUT2D eigenvalue weighted by atomic mass is 9.91. The molecule has 0 aromatic heterocycles. The fourth-order valence-corrected chi connectivity index (χ4v) is 1.82. The minimum absolute atomic E-state index is 0.495. The molecule has 2 atom stereocenters. The highest BCUT2D eigenvalue weighted by Gasteiger charge is 2.55. The van der Waals surface area contributed by atoms with Crippen LogP contribution in [0, 0.1) is 0 Å². The minimum Gasteiger partial charge on any atom is -0.480 e. The van der Waals surface area contributed by atoms with Crippen molar-refractivity contribution in [2.75, 3.05) is 0 Å². The molecule has 0 radical (unpaired) electrons. The first-order chi connectivity index (χ1) is 4.23. The predicted octanol–water partition coefficient (Wildman–Crippen LogP) is -0.0345. The van der Waals surface area contributed by atoms with E-state index in [1.54, 1.807) is 0 Å². The smallest absolute Gasteiger partial charge is 0.323 e. The van der Waals surface area contributed by atoms with Gasteiger partial charge in [0, 0.05) is 6.04 Å². The van der Waals surface area contributed by atoms with Crippen LogP contribution in [0.5, 0.6) is 0 Å². The Balaban J connectivity index is 2.19. The summed E-state index contributed by atoms with van der Waals surface area (Å²) in [7, 11) is 0. The Morgan fingerprint density at radius 1 is 1.78 bits per heavy atom. The van der Waals surface area contributed by atoms with Crippen molar-refractivity contribution in [3.05, 3.63) is 0 Å². The zero-order valence-electron chi connectivity index (χ0n) is 5.05. The molecule has 0 aromatic rings. The first kappa shape index (κ1) is 5.23. The first-order valence-electron chi connectivity index (χ1n) is 3.24. The van der Waals surface area contributed by atoms with E-state index < -0.39 is 11.5 Å². The van der Waals surface area contributed by atoms with Crippen LogP contribution in [-0.2, 0) is 4.79 Å². The standard InChI is InChI=1S/C6H9NO2/c8-5(9)6-2-1-4(3-6)7-6/h4,7H,1-3H2,(H,8,9)/t4-,6+/m1/s1. The maximum Gasteiger partial charge on any atom is 0.323 e. The van der Waals surface area contributed by atoms with E-state index in [-0.39, 0.29) is 0 Å². The molecule has 3 rings (SSSR count). The number of carboxylic acids is 1. The van der Waals surface area contributed by atoms with E-state index in [0.717, 1.165) is 19.3 Å². The lowest BCUT2D eigenvalue weighted by molar-refractivity contribution is -0.147. The number of hydrogen-bond donors (Lipinski definition) is 2. The Morgan fingerprint density at radius 3 is 2.67 bits per heavy atom. The van der Waals surface area contributed by atoms with Crippen LogP contribution in [0.3, 0.4) is 0 Å². The van der Waals surface area contributed by atoms with E-state index in [1.165, 1.54) is 0 Å². The molecule has 1 saturated carbocycles. The van der Waals surface area contributed by atoms with E-state index in [0.29, 0.717) is 6.04 Å². The zero-order chi connectivity index (χ0) is 6.48.